The molecule has 0 saturated carbocycles. The van der Waals surface area contributed by atoms with E-state index in [2.05, 4.69) is 36.5 Å². The van der Waals surface area contributed by atoms with E-state index in [0.717, 1.165) is 19.3 Å². The summed E-state index contributed by atoms with van der Waals surface area (Å²) in [7, 11) is 0. The summed E-state index contributed by atoms with van der Waals surface area (Å²) >= 11 is 0. The van der Waals surface area contributed by atoms with Crippen LogP contribution in [-0.2, 0) is 12.8 Å². The molecule has 2 N–H and O–H groups in total. The molecule has 1 atom stereocenters. The molecule has 2 aromatic rings. The minimum atomic E-state index is 0.378. The van der Waals surface area contributed by atoms with Gasteiger partial charge in [0.15, 0.2) is 0 Å². The van der Waals surface area contributed by atoms with Gasteiger partial charge in [-0.3, -0.25) is 0 Å². The fourth-order valence-electron chi connectivity index (χ4n) is 2.75. The molecule has 2 heteroatoms. The Morgan fingerprint density at radius 1 is 1.05 bits per heavy atom. The van der Waals surface area contributed by atoms with Crippen LogP contribution < -0.4 is 5.32 Å². The zero-order chi connectivity index (χ0) is 13.2. The molecule has 2 nitrogen and oxygen atoms in total. The lowest BCUT2D eigenvalue weighted by atomic mass is 9.88. The summed E-state index contributed by atoms with van der Waals surface area (Å²) in [6.07, 6.45) is 3.18. The van der Waals surface area contributed by atoms with Gasteiger partial charge in [-0.25, -0.2) is 0 Å². The van der Waals surface area contributed by atoms with Gasteiger partial charge in [-0.2, -0.15) is 0 Å². The Bertz CT molecular complexity index is 574. The van der Waals surface area contributed by atoms with Crippen LogP contribution >= 0.6 is 0 Å². The van der Waals surface area contributed by atoms with Gasteiger partial charge >= 0.3 is 0 Å². The van der Waals surface area contributed by atoms with E-state index in [9.17, 15) is 5.11 Å². The number of nitrogens with one attached hydrogen (secondary N) is 1. The van der Waals surface area contributed by atoms with Crippen LogP contribution in [0.1, 0.15) is 23.1 Å². The van der Waals surface area contributed by atoms with E-state index in [-0.39, 0.29) is 0 Å². The highest BCUT2D eigenvalue weighted by Crippen LogP contribution is 2.26. The van der Waals surface area contributed by atoms with Crippen molar-refractivity contribution >= 4 is 5.69 Å². The molecule has 1 aliphatic carbocycles. The predicted octanol–water partition coefficient (Wildman–Crippen LogP) is 3.67. The van der Waals surface area contributed by atoms with E-state index < -0.39 is 0 Å². The van der Waals surface area contributed by atoms with Crippen LogP contribution in [0.2, 0.25) is 0 Å². The second-order valence-corrected chi connectivity index (χ2v) is 5.40. The van der Waals surface area contributed by atoms with Crippen LogP contribution in [0.15, 0.2) is 42.5 Å². The van der Waals surface area contributed by atoms with Crippen molar-refractivity contribution in [3.05, 3.63) is 59.2 Å². The van der Waals surface area contributed by atoms with Crippen LogP contribution in [-0.4, -0.2) is 11.1 Å². The monoisotopic (exact) mass is 253 g/mol. The van der Waals surface area contributed by atoms with Gasteiger partial charge in [-0.1, -0.05) is 23.8 Å². The minimum Gasteiger partial charge on any atom is -0.508 e. The van der Waals surface area contributed by atoms with Gasteiger partial charge in [0, 0.05) is 11.7 Å². The summed E-state index contributed by atoms with van der Waals surface area (Å²) in [5.41, 5.74) is 5.13. The SMILES string of the molecule is Cc1ccc(NC2CCc3cc(O)ccc3C2)cc1. The molecule has 0 fully saturated rings. The third kappa shape index (κ3) is 2.73. The lowest BCUT2D eigenvalue weighted by molar-refractivity contribution is 0.472. The zero-order valence-electron chi connectivity index (χ0n) is 11.2. The second-order valence-electron chi connectivity index (χ2n) is 5.40. The van der Waals surface area contributed by atoms with Gasteiger partial charge in [-0.15, -0.1) is 0 Å². The summed E-state index contributed by atoms with van der Waals surface area (Å²) in [5, 5.41) is 13.1. The number of anilines is 1. The van der Waals surface area contributed by atoms with E-state index >= 15 is 0 Å². The highest BCUT2D eigenvalue weighted by molar-refractivity contribution is 5.47. The third-order valence-electron chi connectivity index (χ3n) is 3.84. The molecular formula is C17H19NO. The number of aryl methyl sites for hydroxylation is 2. The second kappa shape index (κ2) is 4.96. The Balaban J connectivity index is 1.72. The minimum absolute atomic E-state index is 0.378. The van der Waals surface area contributed by atoms with Crippen LogP contribution in [0.25, 0.3) is 0 Å². The highest BCUT2D eigenvalue weighted by Gasteiger charge is 2.18. The molecule has 19 heavy (non-hydrogen) atoms. The maximum atomic E-state index is 9.50. The van der Waals surface area contributed by atoms with Crippen molar-refractivity contribution in [3.63, 3.8) is 0 Å². The van der Waals surface area contributed by atoms with E-state index in [1.54, 1.807) is 6.07 Å². The van der Waals surface area contributed by atoms with Crippen molar-refractivity contribution in [3.8, 4) is 5.75 Å². The molecule has 0 aromatic heterocycles. The van der Waals surface area contributed by atoms with E-state index in [1.807, 2.05) is 12.1 Å². The fourth-order valence-corrected chi connectivity index (χ4v) is 2.75. The molecule has 1 unspecified atom stereocenters. The van der Waals surface area contributed by atoms with Crippen molar-refractivity contribution in [2.75, 3.05) is 5.32 Å². The van der Waals surface area contributed by atoms with E-state index in [0.29, 0.717) is 11.8 Å². The Hall–Kier alpha value is -1.96. The molecular weight excluding hydrogens is 234 g/mol. The van der Waals surface area contributed by atoms with E-state index in [1.165, 1.54) is 22.4 Å². The standard InChI is InChI=1S/C17H19NO/c1-12-2-6-15(7-3-12)18-16-8-4-14-11-17(19)9-5-13(14)10-16/h2-3,5-7,9,11,16,18-19H,4,8,10H2,1H3. The van der Waals surface area contributed by atoms with E-state index in [4.69, 9.17) is 0 Å². The van der Waals surface area contributed by atoms with Crippen molar-refractivity contribution in [1.82, 2.24) is 0 Å². The molecule has 0 saturated heterocycles. The Morgan fingerprint density at radius 3 is 2.63 bits per heavy atom. The van der Waals surface area contributed by atoms with Gasteiger partial charge in [0.1, 0.15) is 5.75 Å². The van der Waals surface area contributed by atoms with Crippen molar-refractivity contribution in [2.45, 2.75) is 32.2 Å². The smallest absolute Gasteiger partial charge is 0.115 e. The first-order valence-electron chi connectivity index (χ1n) is 6.85. The summed E-state index contributed by atoms with van der Waals surface area (Å²) in [4.78, 5) is 0. The maximum Gasteiger partial charge on any atom is 0.115 e. The number of rotatable bonds is 2. The molecule has 98 valence electrons. The van der Waals surface area contributed by atoms with Crippen LogP contribution in [0.3, 0.4) is 0 Å². The van der Waals surface area contributed by atoms with Crippen molar-refractivity contribution < 1.29 is 5.11 Å². The fraction of sp³-hybridized carbons (Fsp3) is 0.294. The Labute approximate surface area is 114 Å². The summed E-state index contributed by atoms with van der Waals surface area (Å²) in [5.74, 6) is 0.378. The maximum absolute atomic E-state index is 9.50. The summed E-state index contributed by atoms with van der Waals surface area (Å²) in [6, 6.07) is 14.8. The average Bonchev–Trinajstić information content (AvgIpc) is 2.42. The Kier molecular flexibility index (Phi) is 3.16. The number of fused-ring (bicyclic) bond motifs is 1. The third-order valence-corrected chi connectivity index (χ3v) is 3.84. The zero-order valence-corrected chi connectivity index (χ0v) is 11.2. The molecule has 0 spiro atoms. The largest absolute Gasteiger partial charge is 0.508 e. The Morgan fingerprint density at radius 2 is 1.84 bits per heavy atom. The number of phenolic OH excluding ortho intramolecular Hbond substituents is 1. The number of hydrogen-bond donors (Lipinski definition) is 2. The topological polar surface area (TPSA) is 32.3 Å². The molecule has 1 aliphatic rings. The van der Waals surface area contributed by atoms with Crippen molar-refractivity contribution in [2.24, 2.45) is 0 Å². The lowest BCUT2D eigenvalue weighted by Crippen LogP contribution is -2.27. The quantitative estimate of drug-likeness (QED) is 0.856. The van der Waals surface area contributed by atoms with Crippen LogP contribution in [0.4, 0.5) is 5.69 Å². The molecule has 3 rings (SSSR count). The summed E-state index contributed by atoms with van der Waals surface area (Å²) < 4.78 is 0. The number of benzene rings is 2. The summed E-state index contributed by atoms with van der Waals surface area (Å²) in [6.45, 7) is 2.10. The van der Waals surface area contributed by atoms with Crippen LogP contribution in [0, 0.1) is 6.92 Å². The van der Waals surface area contributed by atoms with Crippen LogP contribution in [0.5, 0.6) is 5.75 Å². The molecule has 0 bridgehead atoms. The molecule has 0 radical (unpaired) electrons. The number of hydrogen-bond acceptors (Lipinski definition) is 2. The number of phenols is 1. The predicted molar refractivity (Wildman–Crippen MR) is 78.7 cm³/mol. The van der Waals surface area contributed by atoms with Crippen molar-refractivity contribution in [1.29, 1.82) is 0 Å². The highest BCUT2D eigenvalue weighted by atomic mass is 16.3. The first-order chi connectivity index (χ1) is 9.20. The molecule has 2 aromatic carbocycles. The van der Waals surface area contributed by atoms with Gasteiger partial charge in [0.25, 0.3) is 0 Å². The molecule has 0 heterocycles. The van der Waals surface area contributed by atoms with Gasteiger partial charge in [0.05, 0.1) is 0 Å². The first kappa shape index (κ1) is 12.1. The molecule has 0 aliphatic heterocycles. The first-order valence-corrected chi connectivity index (χ1v) is 6.85. The lowest BCUT2D eigenvalue weighted by Gasteiger charge is -2.26. The normalized spacial score (nSPS) is 17.8. The average molecular weight is 253 g/mol. The van der Waals surface area contributed by atoms with Gasteiger partial charge < -0.3 is 10.4 Å². The van der Waals surface area contributed by atoms with Gasteiger partial charge in [-0.05, 0) is 61.6 Å². The molecule has 0 amide bonds. The van der Waals surface area contributed by atoms with Gasteiger partial charge in [0.2, 0.25) is 0 Å². The number of aromatic hydroxyl groups is 1.